The van der Waals surface area contributed by atoms with Crippen molar-refractivity contribution in [1.29, 1.82) is 0 Å². The molecule has 1 aliphatic rings. The number of aromatic hydroxyl groups is 1. The van der Waals surface area contributed by atoms with Gasteiger partial charge in [0.2, 0.25) is 0 Å². The zero-order chi connectivity index (χ0) is 37.4. The molecule has 0 radical (unpaired) electrons. The number of carbonyl (C=O) groups is 2. The fourth-order valence-corrected chi connectivity index (χ4v) is 7.77. The molecule has 0 fully saturated rings. The Morgan fingerprint density at radius 3 is 2.00 bits per heavy atom. The van der Waals surface area contributed by atoms with Crippen LogP contribution in [-0.2, 0) is 35.0 Å². The molecule has 0 spiro atoms. The van der Waals surface area contributed by atoms with Gasteiger partial charge >= 0.3 is 27.6 Å². The minimum atomic E-state index is -5.27. The molecule has 52 heavy (non-hydrogen) atoms. The van der Waals surface area contributed by atoms with Crippen molar-refractivity contribution < 1.29 is 57.2 Å². The average molecular weight is 749 g/mol. The first kappa shape index (κ1) is 38.4. The summed E-state index contributed by atoms with van der Waals surface area (Å²) in [5.74, 6) is -1.43. The smallest absolute Gasteiger partial charge is 0.508 e. The lowest BCUT2D eigenvalue weighted by Crippen LogP contribution is -2.29. The van der Waals surface area contributed by atoms with Crippen LogP contribution in [0.2, 0.25) is 0 Å². The molecule has 0 saturated carbocycles. The van der Waals surface area contributed by atoms with Crippen LogP contribution in [0.1, 0.15) is 71.1 Å². The van der Waals surface area contributed by atoms with E-state index >= 15 is 0 Å². The first-order valence-corrected chi connectivity index (χ1v) is 19.5. The lowest BCUT2D eigenvalue weighted by atomic mass is 9.80. The van der Waals surface area contributed by atoms with Gasteiger partial charge in [-0.2, -0.15) is 4.31 Å². The second-order valence-electron chi connectivity index (χ2n) is 12.1. The molecule has 5 N–H and O–H groups in total. The molecule has 0 aliphatic carbocycles. The molecule has 0 aromatic heterocycles. The number of unbranched alkanes of at least 4 members (excludes halogenated alkanes) is 4. The van der Waals surface area contributed by atoms with Crippen molar-refractivity contribution in [3.8, 4) is 11.5 Å². The van der Waals surface area contributed by atoms with Gasteiger partial charge in [0.05, 0.1) is 5.56 Å². The monoisotopic (exact) mass is 748 g/mol. The van der Waals surface area contributed by atoms with Crippen molar-refractivity contribution >= 4 is 38.4 Å². The molecule has 2 unspecified atom stereocenters. The number of fused-ring (bicyclic) bond motifs is 2. The summed E-state index contributed by atoms with van der Waals surface area (Å²) in [5, 5.41) is 20.9. The van der Waals surface area contributed by atoms with Gasteiger partial charge in [-0.25, -0.2) is 13.9 Å². The number of hydrogen-bond donors (Lipinski definition) is 5. The molecule has 0 bridgehead atoms. The second-order valence-corrected chi connectivity index (χ2v) is 14.9. The van der Waals surface area contributed by atoms with E-state index in [0.717, 1.165) is 25.7 Å². The lowest BCUT2D eigenvalue weighted by molar-refractivity contribution is -0.137. The SMILES string of the molecule is O=C(O)CCCCCCCc1cccc2ccccc12.O=C1OC(c2ccc(O)cc2)(c2ccc(OP(=O)(O)OP(=O)(O)O)cc2)c2ccccc21. The minimum Gasteiger partial charge on any atom is -0.508 e. The molecular weight excluding hydrogens is 710 g/mol. The van der Waals surface area contributed by atoms with Gasteiger partial charge < -0.3 is 29.3 Å². The van der Waals surface area contributed by atoms with Crippen molar-refractivity contribution in [2.75, 3.05) is 0 Å². The number of carboxylic acids is 1. The van der Waals surface area contributed by atoms with Crippen molar-refractivity contribution in [2.24, 2.45) is 0 Å². The predicted octanol–water partition coefficient (Wildman–Crippen LogP) is 8.25. The highest BCUT2D eigenvalue weighted by Crippen LogP contribution is 2.57. The highest BCUT2D eigenvalue weighted by molar-refractivity contribution is 7.60. The van der Waals surface area contributed by atoms with Crippen molar-refractivity contribution in [3.63, 3.8) is 0 Å². The summed E-state index contributed by atoms with van der Waals surface area (Å²) >= 11 is 0. The molecule has 2 atom stereocenters. The average Bonchev–Trinajstić information content (AvgIpc) is 3.40. The van der Waals surface area contributed by atoms with E-state index in [4.69, 9.17) is 24.2 Å². The zero-order valence-electron chi connectivity index (χ0n) is 27.9. The van der Waals surface area contributed by atoms with Gasteiger partial charge in [-0.1, -0.05) is 104 Å². The number of benzene rings is 5. The molecule has 0 amide bonds. The van der Waals surface area contributed by atoms with E-state index in [1.165, 1.54) is 65.6 Å². The van der Waals surface area contributed by atoms with Crippen LogP contribution in [0.5, 0.6) is 11.5 Å². The van der Waals surface area contributed by atoms with E-state index < -0.39 is 33.2 Å². The minimum absolute atomic E-state index is 0.0222. The largest absolute Gasteiger partial charge is 0.536 e. The summed E-state index contributed by atoms with van der Waals surface area (Å²) in [5.41, 5.74) is 1.97. The van der Waals surface area contributed by atoms with Crippen LogP contribution >= 0.6 is 15.6 Å². The van der Waals surface area contributed by atoms with E-state index in [2.05, 4.69) is 46.8 Å². The van der Waals surface area contributed by atoms with Gasteiger partial charge in [0.25, 0.3) is 0 Å². The Morgan fingerprint density at radius 1 is 0.712 bits per heavy atom. The zero-order valence-corrected chi connectivity index (χ0v) is 29.7. The van der Waals surface area contributed by atoms with E-state index in [-0.39, 0.29) is 11.5 Å². The molecule has 14 heteroatoms. The topological polar surface area (TPSA) is 197 Å². The first-order valence-electron chi connectivity index (χ1n) is 16.5. The number of phosphoric ester groups is 1. The molecule has 1 aliphatic heterocycles. The third kappa shape index (κ3) is 9.74. The molecular formula is C38H38O12P2. The van der Waals surface area contributed by atoms with Gasteiger partial charge in [0.15, 0.2) is 5.60 Å². The van der Waals surface area contributed by atoms with Crippen LogP contribution in [-0.4, -0.2) is 36.8 Å². The summed E-state index contributed by atoms with van der Waals surface area (Å²) < 4.78 is 36.9. The van der Waals surface area contributed by atoms with Crippen molar-refractivity contribution in [1.82, 2.24) is 0 Å². The van der Waals surface area contributed by atoms with E-state index in [9.17, 15) is 28.7 Å². The van der Waals surface area contributed by atoms with E-state index in [1.807, 2.05) is 0 Å². The molecule has 12 nitrogen and oxygen atoms in total. The van der Waals surface area contributed by atoms with Gasteiger partial charge in [-0.15, -0.1) is 0 Å². The summed E-state index contributed by atoms with van der Waals surface area (Å²) in [4.78, 5) is 50.0. The molecule has 5 aromatic carbocycles. The first-order chi connectivity index (χ1) is 24.8. The second kappa shape index (κ2) is 16.7. The molecule has 0 saturated heterocycles. The fraction of sp³-hybridized carbons (Fsp3) is 0.211. The molecule has 6 rings (SSSR count). The highest BCUT2D eigenvalue weighted by atomic mass is 31.3. The van der Waals surface area contributed by atoms with Crippen LogP contribution in [0, 0.1) is 0 Å². The number of phenolic OH excluding ortho intramolecular Hbond substituents is 1. The Hall–Kier alpha value is -4.80. The van der Waals surface area contributed by atoms with Gasteiger partial charge in [0, 0.05) is 23.1 Å². The maximum Gasteiger partial charge on any atom is 0.536 e. The number of rotatable bonds is 14. The number of cyclic esters (lactones) is 1. The Labute approximate surface area is 300 Å². The predicted molar refractivity (Wildman–Crippen MR) is 193 cm³/mol. The summed E-state index contributed by atoms with van der Waals surface area (Å²) in [6, 6.07) is 33.4. The van der Waals surface area contributed by atoms with Crippen LogP contribution < -0.4 is 4.52 Å². The van der Waals surface area contributed by atoms with Crippen LogP contribution in [0.15, 0.2) is 115 Å². The quantitative estimate of drug-likeness (QED) is 0.0415. The summed E-state index contributed by atoms with van der Waals surface area (Å²) in [6.45, 7) is 0. The van der Waals surface area contributed by atoms with Crippen LogP contribution in [0.4, 0.5) is 0 Å². The van der Waals surface area contributed by atoms with Crippen molar-refractivity contribution in [3.05, 3.63) is 143 Å². The molecule has 272 valence electrons. The van der Waals surface area contributed by atoms with Crippen molar-refractivity contribution in [2.45, 2.75) is 50.5 Å². The highest BCUT2D eigenvalue weighted by Gasteiger charge is 2.48. The number of carboxylic acid groups (broad SMARTS) is 1. The number of carbonyl (C=O) groups excluding carboxylic acids is 1. The Balaban J connectivity index is 0.000000225. The molecule has 1 heterocycles. The standard InChI is InChI=1S/C20H16O10P2.C18H22O2/c21-15-9-5-13(6-10-15)20(18-4-2-1-3-17(18)19(22)28-20)14-7-11-16(12-8-14)29-32(26,27)30-31(23,24)25;19-18(20)14-5-3-1-2-4-9-15-11-8-12-16-10-6-7-13-17(15)16/h1-12,21H,(H,26,27)(H2,23,24,25);6-8,10-13H,1-5,9,14H2,(H,19,20). The number of aliphatic carboxylic acids is 1. The van der Waals surface area contributed by atoms with E-state index in [1.54, 1.807) is 36.4 Å². The Morgan fingerprint density at radius 2 is 1.31 bits per heavy atom. The number of phosphoric acid groups is 2. The van der Waals surface area contributed by atoms with Crippen LogP contribution in [0.3, 0.4) is 0 Å². The van der Waals surface area contributed by atoms with Gasteiger partial charge in [-0.05, 0) is 65.9 Å². The summed E-state index contributed by atoms with van der Waals surface area (Å²) in [6.07, 6.45) is 6.76. The van der Waals surface area contributed by atoms with Gasteiger partial charge in [0.1, 0.15) is 11.5 Å². The Kier molecular flexibility index (Phi) is 12.3. The van der Waals surface area contributed by atoms with Crippen LogP contribution in [0.25, 0.3) is 10.8 Å². The normalized spacial score (nSPS) is 16.2. The number of phenols is 1. The third-order valence-corrected chi connectivity index (χ3v) is 10.6. The molecule has 5 aromatic rings. The number of hydrogen-bond acceptors (Lipinski definition) is 8. The maximum atomic E-state index is 12.6. The summed E-state index contributed by atoms with van der Waals surface area (Å²) in [7, 11) is -10.4. The third-order valence-electron chi connectivity index (χ3n) is 8.45. The number of aryl methyl sites for hydroxylation is 1. The van der Waals surface area contributed by atoms with E-state index in [0.29, 0.717) is 28.7 Å². The maximum absolute atomic E-state index is 12.6. The Bertz CT molecular complexity index is 2110. The number of esters is 1. The lowest BCUT2D eigenvalue weighted by Gasteiger charge is -2.30. The van der Waals surface area contributed by atoms with Gasteiger partial charge in [-0.3, -0.25) is 9.69 Å². The fourth-order valence-electron chi connectivity index (χ4n) is 6.18. The number of ether oxygens (including phenoxy) is 1.